The van der Waals surface area contributed by atoms with Gasteiger partial charge in [0.15, 0.2) is 0 Å². The maximum atomic E-state index is 13.0. The average Bonchev–Trinajstić information content (AvgIpc) is 2.74. The van der Waals surface area contributed by atoms with Crippen LogP contribution >= 0.6 is 0 Å². The summed E-state index contributed by atoms with van der Waals surface area (Å²) in [4.78, 5) is 17.4. The number of likely N-dealkylation sites (tertiary alicyclic amines) is 2. The van der Waals surface area contributed by atoms with Gasteiger partial charge in [0.1, 0.15) is 5.75 Å². The van der Waals surface area contributed by atoms with Crippen molar-refractivity contribution in [2.24, 2.45) is 5.92 Å². The smallest absolute Gasteiger partial charge is 0.236 e. The van der Waals surface area contributed by atoms with Crippen molar-refractivity contribution < 1.29 is 14.6 Å². The van der Waals surface area contributed by atoms with Gasteiger partial charge in [-0.1, -0.05) is 25.0 Å². The molecule has 1 aliphatic carbocycles. The van der Waals surface area contributed by atoms with Crippen LogP contribution in [0.3, 0.4) is 0 Å². The Morgan fingerprint density at radius 2 is 1.82 bits per heavy atom. The molecular weight excluding hydrogens is 352 g/mol. The van der Waals surface area contributed by atoms with E-state index in [1.165, 1.54) is 12.0 Å². The second-order valence-electron chi connectivity index (χ2n) is 8.84. The largest absolute Gasteiger partial charge is 0.497 e. The van der Waals surface area contributed by atoms with E-state index < -0.39 is 5.60 Å². The van der Waals surface area contributed by atoms with Crippen molar-refractivity contribution in [1.82, 2.24) is 9.80 Å². The number of rotatable bonds is 4. The molecule has 2 heterocycles. The number of carbonyl (C=O) groups excluding carboxylic acids is 1. The van der Waals surface area contributed by atoms with Gasteiger partial charge >= 0.3 is 0 Å². The summed E-state index contributed by atoms with van der Waals surface area (Å²) in [5.74, 6) is 1.28. The maximum absolute atomic E-state index is 13.0. The Labute approximate surface area is 168 Å². The number of piperidine rings is 2. The van der Waals surface area contributed by atoms with Crippen molar-refractivity contribution in [2.45, 2.75) is 63.0 Å². The molecule has 3 fully saturated rings. The van der Waals surface area contributed by atoms with E-state index in [4.69, 9.17) is 4.74 Å². The highest BCUT2D eigenvalue weighted by Gasteiger charge is 2.49. The summed E-state index contributed by atoms with van der Waals surface area (Å²) in [6, 6.07) is 8.32. The summed E-state index contributed by atoms with van der Waals surface area (Å²) in [6.07, 6.45) is 8.43. The van der Waals surface area contributed by atoms with Crippen molar-refractivity contribution in [3.8, 4) is 5.75 Å². The molecule has 5 nitrogen and oxygen atoms in total. The van der Waals surface area contributed by atoms with Crippen molar-refractivity contribution in [3.05, 3.63) is 29.8 Å². The van der Waals surface area contributed by atoms with Crippen LogP contribution in [0.4, 0.5) is 0 Å². The van der Waals surface area contributed by atoms with Gasteiger partial charge in [-0.25, -0.2) is 0 Å². The highest BCUT2D eigenvalue weighted by molar-refractivity contribution is 5.78. The Morgan fingerprint density at radius 1 is 1.07 bits per heavy atom. The number of ether oxygens (including phenoxy) is 1. The fourth-order valence-electron chi connectivity index (χ4n) is 5.58. The second kappa shape index (κ2) is 8.42. The van der Waals surface area contributed by atoms with Gasteiger partial charge in [-0.05, 0) is 56.2 Å². The fraction of sp³-hybridized carbons (Fsp3) is 0.696. The summed E-state index contributed by atoms with van der Waals surface area (Å²) in [6.45, 7) is 3.03. The molecule has 0 unspecified atom stereocenters. The summed E-state index contributed by atoms with van der Waals surface area (Å²) < 4.78 is 5.33. The summed E-state index contributed by atoms with van der Waals surface area (Å²) in [5, 5.41) is 11.4. The first-order valence-corrected chi connectivity index (χ1v) is 11.0. The summed E-state index contributed by atoms with van der Waals surface area (Å²) in [5.41, 5.74) is 0.602. The van der Waals surface area contributed by atoms with Crippen LogP contribution in [0.25, 0.3) is 0 Å². The van der Waals surface area contributed by atoms with Crippen LogP contribution in [0.1, 0.15) is 63.0 Å². The Morgan fingerprint density at radius 3 is 2.54 bits per heavy atom. The van der Waals surface area contributed by atoms with E-state index in [2.05, 4.69) is 17.0 Å². The van der Waals surface area contributed by atoms with Crippen LogP contribution in [-0.2, 0) is 4.79 Å². The summed E-state index contributed by atoms with van der Waals surface area (Å²) in [7, 11) is 1.68. The number of benzene rings is 1. The van der Waals surface area contributed by atoms with Crippen LogP contribution < -0.4 is 4.74 Å². The van der Waals surface area contributed by atoms with Gasteiger partial charge in [0.05, 0.1) is 19.3 Å². The van der Waals surface area contributed by atoms with E-state index in [1.54, 1.807) is 7.11 Å². The number of amides is 1. The first-order valence-electron chi connectivity index (χ1n) is 11.0. The predicted molar refractivity (Wildman–Crippen MR) is 109 cm³/mol. The zero-order valence-electron chi connectivity index (χ0n) is 17.1. The number of aliphatic hydroxyl groups is 1. The number of fused-ring (bicyclic) bond motifs is 1. The Balaban J connectivity index is 1.58. The molecule has 0 bridgehead atoms. The van der Waals surface area contributed by atoms with Gasteiger partial charge in [-0.3, -0.25) is 9.69 Å². The normalized spacial score (nSPS) is 31.3. The molecule has 3 atom stereocenters. The molecule has 28 heavy (non-hydrogen) atoms. The van der Waals surface area contributed by atoms with E-state index in [0.717, 1.165) is 70.3 Å². The highest BCUT2D eigenvalue weighted by Crippen LogP contribution is 2.49. The van der Waals surface area contributed by atoms with Crippen LogP contribution in [0.15, 0.2) is 24.3 Å². The van der Waals surface area contributed by atoms with Gasteiger partial charge in [0, 0.05) is 31.6 Å². The molecule has 0 aromatic heterocycles. The molecule has 1 saturated carbocycles. The Kier molecular flexibility index (Phi) is 5.93. The Bertz CT molecular complexity index is 671. The van der Waals surface area contributed by atoms with E-state index >= 15 is 0 Å². The number of hydrogen-bond donors (Lipinski definition) is 1. The lowest BCUT2D eigenvalue weighted by atomic mass is 9.66. The number of methoxy groups -OCH3 is 1. The molecule has 2 saturated heterocycles. The highest BCUT2D eigenvalue weighted by atomic mass is 16.5. The van der Waals surface area contributed by atoms with E-state index in [-0.39, 0.29) is 17.9 Å². The SMILES string of the molecule is COc1ccc([C@H]2[C@@H]3CCCC[C@]3(O)CCN2CC(=O)N2CCCCC2)cc1. The maximum Gasteiger partial charge on any atom is 0.236 e. The van der Waals surface area contributed by atoms with E-state index in [0.29, 0.717) is 6.54 Å². The Hall–Kier alpha value is -1.59. The van der Waals surface area contributed by atoms with E-state index in [1.807, 2.05) is 17.0 Å². The molecule has 0 spiro atoms. The van der Waals surface area contributed by atoms with Crippen molar-refractivity contribution in [2.75, 3.05) is 33.3 Å². The van der Waals surface area contributed by atoms with Crippen molar-refractivity contribution in [1.29, 1.82) is 0 Å². The zero-order chi connectivity index (χ0) is 19.6. The van der Waals surface area contributed by atoms with Gasteiger partial charge in [0.2, 0.25) is 5.91 Å². The summed E-state index contributed by atoms with van der Waals surface area (Å²) >= 11 is 0. The third-order valence-electron chi connectivity index (χ3n) is 7.18. The standard InChI is InChI=1S/C23H34N2O3/c1-28-19-10-8-18(9-11-19)22-20-7-3-4-12-23(20,27)13-16-25(22)17-21(26)24-14-5-2-6-15-24/h8-11,20,22,27H,2-7,12-17H2,1H3/t20-,22-,23-/m0/s1. The van der Waals surface area contributed by atoms with Gasteiger partial charge in [-0.2, -0.15) is 0 Å². The van der Waals surface area contributed by atoms with Gasteiger partial charge in [0.25, 0.3) is 0 Å². The molecule has 154 valence electrons. The second-order valence-corrected chi connectivity index (χ2v) is 8.84. The predicted octanol–water partition coefficient (Wildman–Crippen LogP) is 3.38. The van der Waals surface area contributed by atoms with Gasteiger partial charge in [-0.15, -0.1) is 0 Å². The third-order valence-corrected chi connectivity index (χ3v) is 7.18. The van der Waals surface area contributed by atoms with Crippen LogP contribution in [0.5, 0.6) is 5.75 Å². The molecule has 2 aliphatic heterocycles. The van der Waals surface area contributed by atoms with E-state index in [9.17, 15) is 9.90 Å². The molecule has 1 N–H and O–H groups in total. The number of carbonyl (C=O) groups is 1. The first kappa shape index (κ1) is 19.7. The number of hydrogen-bond acceptors (Lipinski definition) is 4. The molecule has 0 radical (unpaired) electrons. The zero-order valence-corrected chi connectivity index (χ0v) is 17.1. The topological polar surface area (TPSA) is 53.0 Å². The minimum absolute atomic E-state index is 0.0960. The van der Waals surface area contributed by atoms with Crippen LogP contribution in [-0.4, -0.2) is 59.7 Å². The quantitative estimate of drug-likeness (QED) is 0.862. The molecular formula is C23H34N2O3. The van der Waals surface area contributed by atoms with Gasteiger partial charge < -0.3 is 14.7 Å². The fourth-order valence-corrected chi connectivity index (χ4v) is 5.58. The lowest BCUT2D eigenvalue weighted by molar-refractivity contribution is -0.145. The average molecular weight is 387 g/mol. The number of nitrogens with zero attached hydrogens (tertiary/aromatic N) is 2. The minimum atomic E-state index is -0.590. The monoisotopic (exact) mass is 386 g/mol. The third kappa shape index (κ3) is 3.92. The molecule has 1 aromatic carbocycles. The minimum Gasteiger partial charge on any atom is -0.497 e. The van der Waals surface area contributed by atoms with Crippen LogP contribution in [0.2, 0.25) is 0 Å². The lowest BCUT2D eigenvalue weighted by Crippen LogP contribution is -2.56. The first-order chi connectivity index (χ1) is 13.6. The molecule has 1 aromatic rings. The molecule has 5 heteroatoms. The molecule has 3 aliphatic rings. The van der Waals surface area contributed by atoms with Crippen LogP contribution in [0, 0.1) is 5.92 Å². The molecule has 4 rings (SSSR count). The molecule has 1 amide bonds. The van der Waals surface area contributed by atoms with Crippen molar-refractivity contribution >= 4 is 5.91 Å². The van der Waals surface area contributed by atoms with Crippen molar-refractivity contribution in [3.63, 3.8) is 0 Å². The lowest BCUT2D eigenvalue weighted by Gasteiger charge is -2.52.